The predicted octanol–water partition coefficient (Wildman–Crippen LogP) is 2.43. The smallest absolute Gasteiger partial charge is 0.338 e. The number of rotatable bonds is 6. The molecule has 1 saturated heterocycles. The van der Waals surface area contributed by atoms with E-state index in [0.717, 1.165) is 28.6 Å². The summed E-state index contributed by atoms with van der Waals surface area (Å²) in [6, 6.07) is 6.23. The van der Waals surface area contributed by atoms with Crippen molar-refractivity contribution < 1.29 is 36.3 Å². The molecule has 31 heavy (non-hydrogen) atoms. The van der Waals surface area contributed by atoms with Crippen molar-refractivity contribution in [3.8, 4) is 0 Å². The molecule has 2 aromatic rings. The summed E-state index contributed by atoms with van der Waals surface area (Å²) in [6.45, 7) is -0.336. The number of nitrogens with zero attached hydrogens (tertiary/aromatic N) is 1. The number of benzene rings is 2. The number of carbonyl (C=O) groups is 2. The Morgan fingerprint density at radius 2 is 1.77 bits per heavy atom. The van der Waals surface area contributed by atoms with Crippen molar-refractivity contribution in [1.82, 2.24) is 4.31 Å². The molecule has 0 aliphatic carbocycles. The number of sulfonamides is 1. The summed E-state index contributed by atoms with van der Waals surface area (Å²) in [7, 11) is -4.19. The number of anilines is 1. The van der Waals surface area contributed by atoms with E-state index >= 15 is 0 Å². The first-order chi connectivity index (χ1) is 14.7. The van der Waals surface area contributed by atoms with Gasteiger partial charge < -0.3 is 14.8 Å². The van der Waals surface area contributed by atoms with Gasteiger partial charge in [-0.25, -0.2) is 22.0 Å². The molecule has 3 rings (SSSR count). The van der Waals surface area contributed by atoms with Crippen LogP contribution >= 0.6 is 11.6 Å². The third kappa shape index (κ3) is 5.56. The fourth-order valence-electron chi connectivity index (χ4n) is 2.75. The number of hydrogen-bond donors (Lipinski definition) is 1. The summed E-state index contributed by atoms with van der Waals surface area (Å²) < 4.78 is 64.2. The summed E-state index contributed by atoms with van der Waals surface area (Å²) in [5, 5.41) is 2.38. The molecule has 1 N–H and O–H groups in total. The van der Waals surface area contributed by atoms with E-state index in [2.05, 4.69) is 5.32 Å². The van der Waals surface area contributed by atoms with Crippen LogP contribution in [0.2, 0.25) is 5.02 Å². The number of ether oxygens (including phenoxy) is 2. The van der Waals surface area contributed by atoms with E-state index in [1.54, 1.807) is 0 Å². The Balaban J connectivity index is 1.68. The normalized spacial score (nSPS) is 14.8. The second-order valence-corrected chi connectivity index (χ2v) is 8.75. The molecule has 0 saturated carbocycles. The van der Waals surface area contributed by atoms with Crippen molar-refractivity contribution in [2.45, 2.75) is 4.90 Å². The molecule has 1 fully saturated rings. The van der Waals surface area contributed by atoms with Gasteiger partial charge in [-0.3, -0.25) is 4.79 Å². The second kappa shape index (κ2) is 9.69. The van der Waals surface area contributed by atoms with Crippen molar-refractivity contribution in [1.29, 1.82) is 0 Å². The molecule has 0 bridgehead atoms. The molecule has 1 amide bonds. The SMILES string of the molecule is O=C(COC(=O)c1ccc(F)c(S(=O)(=O)N2CCOCC2)c1)Nc1cc(Cl)ccc1F. The fraction of sp³-hybridized carbons (Fsp3) is 0.263. The van der Waals surface area contributed by atoms with Crippen molar-refractivity contribution in [2.75, 3.05) is 38.2 Å². The van der Waals surface area contributed by atoms with E-state index in [0.29, 0.717) is 0 Å². The van der Waals surface area contributed by atoms with Crippen LogP contribution in [-0.4, -0.2) is 57.5 Å². The van der Waals surface area contributed by atoms with E-state index in [-0.39, 0.29) is 42.6 Å². The molecule has 2 aromatic carbocycles. The lowest BCUT2D eigenvalue weighted by atomic mass is 10.2. The van der Waals surface area contributed by atoms with Crippen LogP contribution in [-0.2, 0) is 24.3 Å². The second-order valence-electron chi connectivity index (χ2n) is 6.41. The summed E-state index contributed by atoms with van der Waals surface area (Å²) in [6.07, 6.45) is 0. The highest BCUT2D eigenvalue weighted by Crippen LogP contribution is 2.22. The van der Waals surface area contributed by atoms with E-state index < -0.39 is 45.0 Å². The highest BCUT2D eigenvalue weighted by Gasteiger charge is 2.30. The topological polar surface area (TPSA) is 102 Å². The number of esters is 1. The third-order valence-corrected chi connectivity index (χ3v) is 6.44. The molecule has 0 spiro atoms. The standard InChI is InChI=1S/C19H17ClF2N2O6S/c20-13-2-4-14(21)16(10-13)23-18(25)11-30-19(26)12-1-3-15(22)17(9-12)31(27,28)24-5-7-29-8-6-24/h1-4,9-10H,5-8,11H2,(H,23,25). The quantitative estimate of drug-likeness (QED) is 0.645. The van der Waals surface area contributed by atoms with Crippen LogP contribution in [0.3, 0.4) is 0 Å². The van der Waals surface area contributed by atoms with E-state index in [9.17, 15) is 26.8 Å². The van der Waals surface area contributed by atoms with Crippen molar-refractivity contribution in [3.05, 3.63) is 58.6 Å². The molecule has 166 valence electrons. The first-order valence-corrected chi connectivity index (χ1v) is 10.8. The Hall–Kier alpha value is -2.60. The minimum Gasteiger partial charge on any atom is -0.452 e. The highest BCUT2D eigenvalue weighted by molar-refractivity contribution is 7.89. The van der Waals surface area contributed by atoms with Crippen LogP contribution < -0.4 is 5.32 Å². The highest BCUT2D eigenvalue weighted by atomic mass is 35.5. The fourth-order valence-corrected chi connectivity index (χ4v) is 4.42. The molecular formula is C19H17ClF2N2O6S. The zero-order valence-corrected chi connectivity index (χ0v) is 17.5. The average Bonchev–Trinajstić information content (AvgIpc) is 2.75. The Bertz CT molecular complexity index is 1110. The van der Waals surface area contributed by atoms with Gasteiger partial charge in [0.1, 0.15) is 16.5 Å². The minimum atomic E-state index is -4.19. The first-order valence-electron chi connectivity index (χ1n) is 8.98. The Kier molecular flexibility index (Phi) is 7.21. The zero-order chi connectivity index (χ0) is 22.6. The van der Waals surface area contributed by atoms with Gasteiger partial charge >= 0.3 is 5.97 Å². The average molecular weight is 475 g/mol. The van der Waals surface area contributed by atoms with E-state index in [1.807, 2.05) is 0 Å². The summed E-state index contributed by atoms with van der Waals surface area (Å²) in [5.74, 6) is -3.67. The number of nitrogens with one attached hydrogen (secondary N) is 1. The molecule has 8 nitrogen and oxygen atoms in total. The Labute approximate surface area is 181 Å². The van der Waals surface area contributed by atoms with Gasteiger partial charge in [0.05, 0.1) is 24.5 Å². The number of halogens is 3. The maximum Gasteiger partial charge on any atom is 0.338 e. The van der Waals surface area contributed by atoms with Gasteiger partial charge in [-0.1, -0.05) is 11.6 Å². The molecule has 0 atom stereocenters. The summed E-state index contributed by atoms with van der Waals surface area (Å²) >= 11 is 5.73. The van der Waals surface area contributed by atoms with Gasteiger partial charge in [-0.15, -0.1) is 0 Å². The molecule has 1 aliphatic rings. The van der Waals surface area contributed by atoms with Crippen LogP contribution in [0.15, 0.2) is 41.3 Å². The van der Waals surface area contributed by atoms with Gasteiger partial charge in [0.2, 0.25) is 10.0 Å². The van der Waals surface area contributed by atoms with Crippen LogP contribution in [0.5, 0.6) is 0 Å². The van der Waals surface area contributed by atoms with Crippen molar-refractivity contribution in [2.24, 2.45) is 0 Å². The van der Waals surface area contributed by atoms with Gasteiger partial charge in [-0.2, -0.15) is 4.31 Å². The lowest BCUT2D eigenvalue weighted by molar-refractivity contribution is -0.119. The van der Waals surface area contributed by atoms with E-state index in [4.69, 9.17) is 21.1 Å². The van der Waals surface area contributed by atoms with Crippen molar-refractivity contribution in [3.63, 3.8) is 0 Å². The number of hydrogen-bond acceptors (Lipinski definition) is 6. The number of carbonyl (C=O) groups excluding carboxylic acids is 2. The van der Waals surface area contributed by atoms with Crippen LogP contribution in [0, 0.1) is 11.6 Å². The molecular weight excluding hydrogens is 458 g/mol. The molecule has 1 heterocycles. The Morgan fingerprint density at radius 3 is 2.48 bits per heavy atom. The number of amides is 1. The Morgan fingerprint density at radius 1 is 1.10 bits per heavy atom. The molecule has 1 aliphatic heterocycles. The van der Waals surface area contributed by atoms with Gasteiger partial charge in [-0.05, 0) is 36.4 Å². The van der Waals surface area contributed by atoms with Crippen molar-refractivity contribution >= 4 is 39.2 Å². The lowest BCUT2D eigenvalue weighted by Gasteiger charge is -2.26. The summed E-state index contributed by atoms with van der Waals surface area (Å²) in [5.41, 5.74) is -0.468. The van der Waals surface area contributed by atoms with Gasteiger partial charge in [0.15, 0.2) is 6.61 Å². The third-order valence-electron chi connectivity index (χ3n) is 4.29. The van der Waals surface area contributed by atoms with Crippen LogP contribution in [0.25, 0.3) is 0 Å². The number of morpholine rings is 1. The predicted molar refractivity (Wildman–Crippen MR) is 106 cm³/mol. The molecule has 0 unspecified atom stereocenters. The molecule has 12 heteroatoms. The van der Waals surface area contributed by atoms with Gasteiger partial charge in [0.25, 0.3) is 5.91 Å². The molecule has 0 aromatic heterocycles. The molecule has 0 radical (unpaired) electrons. The monoisotopic (exact) mass is 474 g/mol. The lowest BCUT2D eigenvalue weighted by Crippen LogP contribution is -2.41. The largest absolute Gasteiger partial charge is 0.452 e. The van der Waals surface area contributed by atoms with Crippen LogP contribution in [0.4, 0.5) is 14.5 Å². The zero-order valence-electron chi connectivity index (χ0n) is 15.9. The van der Waals surface area contributed by atoms with E-state index in [1.165, 1.54) is 12.1 Å². The maximum atomic E-state index is 14.2. The van der Waals surface area contributed by atoms with Gasteiger partial charge in [0, 0.05) is 18.1 Å². The van der Waals surface area contributed by atoms with Crippen LogP contribution in [0.1, 0.15) is 10.4 Å². The first kappa shape index (κ1) is 23.1. The summed E-state index contributed by atoms with van der Waals surface area (Å²) in [4.78, 5) is 23.5. The minimum absolute atomic E-state index is 0.0523. The maximum absolute atomic E-state index is 14.2.